The first kappa shape index (κ1) is 29.0. The van der Waals surface area contributed by atoms with E-state index in [-0.39, 0.29) is 12.3 Å². The van der Waals surface area contributed by atoms with E-state index >= 15 is 0 Å². The maximum Gasteiger partial charge on any atom is 0.311 e. The topological polar surface area (TPSA) is 70.1 Å². The fourth-order valence-corrected chi connectivity index (χ4v) is 5.20. The number of carboxylic acid groups (broad SMARTS) is 1. The maximum atomic E-state index is 11.8. The zero-order valence-electron chi connectivity index (χ0n) is 22.6. The molecule has 2 atom stereocenters. The average Bonchev–Trinajstić information content (AvgIpc) is 2.99. The van der Waals surface area contributed by atoms with E-state index in [0.717, 1.165) is 42.4 Å². The van der Waals surface area contributed by atoms with Gasteiger partial charge in [-0.3, -0.25) is 4.79 Å². The predicted molar refractivity (Wildman–Crippen MR) is 150 cm³/mol. The highest BCUT2D eigenvalue weighted by molar-refractivity contribution is 6.30. The van der Waals surface area contributed by atoms with E-state index in [0.29, 0.717) is 24.4 Å². The molecule has 0 aromatic heterocycles. The highest BCUT2D eigenvalue weighted by Gasteiger charge is 2.30. The molecule has 1 aliphatic heterocycles. The summed E-state index contributed by atoms with van der Waals surface area (Å²) in [6, 6.07) is 11.7. The van der Waals surface area contributed by atoms with Gasteiger partial charge in [0.15, 0.2) is 0 Å². The molecule has 2 aromatic rings. The van der Waals surface area contributed by atoms with E-state index < -0.39 is 11.9 Å². The number of hydrogen-bond donors (Lipinski definition) is 1. The summed E-state index contributed by atoms with van der Waals surface area (Å²) in [4.78, 5) is 27.3. The van der Waals surface area contributed by atoms with Gasteiger partial charge >= 0.3 is 5.97 Å². The van der Waals surface area contributed by atoms with Gasteiger partial charge in [-0.25, -0.2) is 0 Å². The van der Waals surface area contributed by atoms with Crippen LogP contribution < -0.4 is 9.64 Å². The van der Waals surface area contributed by atoms with Gasteiger partial charge in [0.05, 0.1) is 18.2 Å². The van der Waals surface area contributed by atoms with Gasteiger partial charge in [0, 0.05) is 30.5 Å². The van der Waals surface area contributed by atoms with Gasteiger partial charge in [0.25, 0.3) is 0 Å². The summed E-state index contributed by atoms with van der Waals surface area (Å²) in [5, 5.41) is 10.4. The molecule has 1 heterocycles. The standard InChI is InChI=1S/C27H32ClNO4.C3H9N/c1-2-4-19-13-22(28)8-9-23(19)21-16-29(15-18-5-3-6-18)25-14-20(7-10-26(25)33-17-21)24(11-12-30)27(31)32;1-4(2)3/h7-10,12-14,18,21,24H,2-6,11,15-17H2,1H3,(H,31,32);1-3H3/t21?,24-;/m1./s1. The van der Waals surface area contributed by atoms with Crippen LogP contribution in [0.3, 0.4) is 0 Å². The number of halogens is 1. The molecule has 6 nitrogen and oxygen atoms in total. The first-order chi connectivity index (χ1) is 17.7. The number of carbonyl (C=O) groups is 2. The van der Waals surface area contributed by atoms with Crippen molar-refractivity contribution in [2.45, 2.75) is 57.3 Å². The molecule has 1 fully saturated rings. The zero-order valence-corrected chi connectivity index (χ0v) is 23.3. The van der Waals surface area contributed by atoms with E-state index in [1.54, 1.807) is 6.07 Å². The van der Waals surface area contributed by atoms with Crippen LogP contribution in [0.25, 0.3) is 0 Å². The second kappa shape index (κ2) is 13.8. The van der Waals surface area contributed by atoms with Crippen LogP contribution in [0.4, 0.5) is 5.69 Å². The van der Waals surface area contributed by atoms with Gasteiger partial charge in [-0.2, -0.15) is 0 Å². The van der Waals surface area contributed by atoms with Crippen LogP contribution in [0.2, 0.25) is 5.02 Å². The normalized spacial score (nSPS) is 18.0. The quantitative estimate of drug-likeness (QED) is 0.402. The van der Waals surface area contributed by atoms with Crippen molar-refractivity contribution in [1.29, 1.82) is 0 Å². The van der Waals surface area contributed by atoms with Gasteiger partial charge in [-0.15, -0.1) is 0 Å². The molecule has 202 valence electrons. The van der Waals surface area contributed by atoms with Crippen LogP contribution in [-0.4, -0.2) is 63.1 Å². The first-order valence-electron chi connectivity index (χ1n) is 13.3. The summed E-state index contributed by atoms with van der Waals surface area (Å²) in [5.41, 5.74) is 4.13. The Kier molecular flexibility index (Phi) is 10.8. The number of benzene rings is 2. The number of anilines is 1. The molecule has 2 aliphatic rings. The molecule has 2 aromatic carbocycles. The van der Waals surface area contributed by atoms with Crippen LogP contribution in [0.5, 0.6) is 5.75 Å². The number of carboxylic acids is 1. The Balaban J connectivity index is 0.000000886. The number of carbonyl (C=O) groups excluding carboxylic acids is 1. The molecule has 1 saturated carbocycles. The third kappa shape index (κ3) is 7.96. The summed E-state index contributed by atoms with van der Waals surface area (Å²) >= 11 is 6.30. The van der Waals surface area contributed by atoms with E-state index in [2.05, 4.69) is 24.0 Å². The van der Waals surface area contributed by atoms with Gasteiger partial charge in [0.1, 0.15) is 12.0 Å². The van der Waals surface area contributed by atoms with Gasteiger partial charge < -0.3 is 24.4 Å². The molecule has 1 N–H and O–H groups in total. The number of nitrogens with zero attached hydrogens (tertiary/aromatic N) is 2. The maximum absolute atomic E-state index is 11.8. The molecule has 0 spiro atoms. The second-order valence-electron chi connectivity index (χ2n) is 10.7. The summed E-state index contributed by atoms with van der Waals surface area (Å²) in [6.45, 7) is 4.46. The molecule has 0 saturated heterocycles. The molecular weight excluding hydrogens is 488 g/mol. The zero-order chi connectivity index (χ0) is 26.9. The number of rotatable bonds is 9. The highest BCUT2D eigenvalue weighted by Crippen LogP contribution is 2.40. The van der Waals surface area contributed by atoms with Crippen LogP contribution in [0, 0.1) is 5.92 Å². The molecule has 0 radical (unpaired) electrons. The summed E-state index contributed by atoms with van der Waals surface area (Å²) in [6.07, 6.45) is 6.37. The Labute approximate surface area is 226 Å². The molecule has 37 heavy (non-hydrogen) atoms. The van der Waals surface area contributed by atoms with Crippen LogP contribution in [-0.2, 0) is 16.0 Å². The van der Waals surface area contributed by atoms with E-state index in [4.69, 9.17) is 16.3 Å². The van der Waals surface area contributed by atoms with E-state index in [9.17, 15) is 14.7 Å². The third-order valence-corrected chi connectivity index (χ3v) is 7.24. The van der Waals surface area contributed by atoms with E-state index in [1.807, 2.05) is 44.2 Å². The van der Waals surface area contributed by atoms with Crippen molar-refractivity contribution in [3.8, 4) is 5.75 Å². The fourth-order valence-electron chi connectivity index (χ4n) is 5.01. The van der Waals surface area contributed by atoms with Crippen LogP contribution in [0.15, 0.2) is 36.4 Å². The molecule has 7 heteroatoms. The van der Waals surface area contributed by atoms with Crippen molar-refractivity contribution >= 4 is 29.5 Å². The molecule has 1 unspecified atom stereocenters. The third-order valence-electron chi connectivity index (χ3n) is 7.00. The van der Waals surface area contributed by atoms with Crippen LogP contribution >= 0.6 is 11.6 Å². The average molecular weight is 529 g/mol. The lowest BCUT2D eigenvalue weighted by atomic mass is 9.84. The van der Waals surface area contributed by atoms with E-state index in [1.165, 1.54) is 30.4 Å². The van der Waals surface area contributed by atoms with Crippen molar-refractivity contribution in [3.05, 3.63) is 58.1 Å². The Morgan fingerprint density at radius 1 is 1.22 bits per heavy atom. The van der Waals surface area contributed by atoms with Gasteiger partial charge in [-0.05, 0) is 87.3 Å². The number of hydrogen-bond acceptors (Lipinski definition) is 5. The lowest BCUT2D eigenvalue weighted by Crippen LogP contribution is -2.35. The SMILES string of the molecule is CCCc1cc(Cl)ccc1C1COc2ccc([C@@H](CC=O)C(=O)O)cc2N(CC2CCC2)C1.CN(C)C. The predicted octanol–water partition coefficient (Wildman–Crippen LogP) is 6.01. The van der Waals surface area contributed by atoms with Crippen molar-refractivity contribution in [3.63, 3.8) is 0 Å². The van der Waals surface area contributed by atoms with Crippen molar-refractivity contribution in [1.82, 2.24) is 4.90 Å². The summed E-state index contributed by atoms with van der Waals surface area (Å²) in [7, 11) is 6.00. The Hall–Kier alpha value is -2.57. The van der Waals surface area contributed by atoms with Gasteiger partial charge in [-0.1, -0.05) is 43.5 Å². The Morgan fingerprint density at radius 3 is 2.54 bits per heavy atom. The monoisotopic (exact) mass is 528 g/mol. The molecule has 1 aliphatic carbocycles. The Morgan fingerprint density at radius 2 is 1.95 bits per heavy atom. The Bertz CT molecular complexity index is 1050. The number of aryl methyl sites for hydroxylation is 1. The molecule has 0 amide bonds. The van der Waals surface area contributed by atoms with Crippen molar-refractivity contribution in [2.24, 2.45) is 5.92 Å². The number of aldehydes is 1. The number of aliphatic carboxylic acids is 1. The molecular formula is C30H41ClN2O4. The minimum Gasteiger partial charge on any atom is -0.491 e. The molecule has 4 rings (SSSR count). The van der Waals surface area contributed by atoms with Crippen LogP contribution in [0.1, 0.15) is 67.6 Å². The van der Waals surface area contributed by atoms with Crippen molar-refractivity contribution < 1.29 is 19.4 Å². The lowest BCUT2D eigenvalue weighted by molar-refractivity contribution is -0.139. The summed E-state index contributed by atoms with van der Waals surface area (Å²) in [5.74, 6) is -0.215. The smallest absolute Gasteiger partial charge is 0.311 e. The number of ether oxygens (including phenoxy) is 1. The first-order valence-corrected chi connectivity index (χ1v) is 13.7. The lowest BCUT2D eigenvalue weighted by Gasteiger charge is -2.35. The van der Waals surface area contributed by atoms with Crippen molar-refractivity contribution in [2.75, 3.05) is 45.7 Å². The minimum absolute atomic E-state index is 0.0363. The second-order valence-corrected chi connectivity index (χ2v) is 11.1. The summed E-state index contributed by atoms with van der Waals surface area (Å²) < 4.78 is 6.31. The fraction of sp³-hybridized carbons (Fsp3) is 0.533. The minimum atomic E-state index is -0.981. The molecule has 0 bridgehead atoms. The number of fused-ring (bicyclic) bond motifs is 1. The van der Waals surface area contributed by atoms with Gasteiger partial charge in [0.2, 0.25) is 0 Å². The highest BCUT2D eigenvalue weighted by atomic mass is 35.5. The largest absolute Gasteiger partial charge is 0.491 e.